The van der Waals surface area contributed by atoms with E-state index in [1.54, 1.807) is 19.2 Å². The van der Waals surface area contributed by atoms with E-state index in [-0.39, 0.29) is 5.75 Å². The average Bonchev–Trinajstić information content (AvgIpc) is 2.16. The quantitative estimate of drug-likeness (QED) is 0.826. The van der Waals surface area contributed by atoms with E-state index in [1.165, 1.54) is 0 Å². The maximum atomic E-state index is 9.20. The normalized spacial score (nSPS) is 10.0. The number of hydrogen-bond acceptors (Lipinski definition) is 2. The molecule has 0 fully saturated rings. The Balaban J connectivity index is 2.79. The number of ether oxygens (including phenoxy) is 1. The topological polar surface area (TPSA) is 29.5 Å². The van der Waals surface area contributed by atoms with Gasteiger partial charge in [-0.1, -0.05) is 22.0 Å². The maximum Gasteiger partial charge on any atom is 0.125 e. The Morgan fingerprint density at radius 1 is 1.46 bits per heavy atom. The zero-order valence-electron chi connectivity index (χ0n) is 7.59. The van der Waals surface area contributed by atoms with Gasteiger partial charge in [0.25, 0.3) is 0 Å². The van der Waals surface area contributed by atoms with E-state index in [2.05, 4.69) is 15.9 Å². The van der Waals surface area contributed by atoms with Gasteiger partial charge in [-0.05, 0) is 24.5 Å². The highest BCUT2D eigenvalue weighted by Gasteiger charge is 2.02. The summed E-state index contributed by atoms with van der Waals surface area (Å²) in [5.41, 5.74) is 1.14. The molecule has 0 aliphatic rings. The summed E-state index contributed by atoms with van der Waals surface area (Å²) in [6, 6.07) is 5.23. The number of halogens is 1. The number of phenols is 1. The van der Waals surface area contributed by atoms with Gasteiger partial charge in [0.05, 0.1) is 7.11 Å². The Kier molecular flexibility index (Phi) is 4.09. The van der Waals surface area contributed by atoms with Crippen molar-refractivity contribution in [3.05, 3.63) is 23.8 Å². The van der Waals surface area contributed by atoms with Crippen molar-refractivity contribution >= 4 is 15.9 Å². The summed E-state index contributed by atoms with van der Waals surface area (Å²) in [4.78, 5) is 0. The smallest absolute Gasteiger partial charge is 0.125 e. The van der Waals surface area contributed by atoms with E-state index in [1.807, 2.05) is 6.07 Å². The fourth-order valence-electron chi connectivity index (χ4n) is 1.20. The van der Waals surface area contributed by atoms with E-state index < -0.39 is 0 Å². The van der Waals surface area contributed by atoms with Crippen molar-refractivity contribution < 1.29 is 9.84 Å². The first-order valence-electron chi connectivity index (χ1n) is 4.19. The zero-order chi connectivity index (χ0) is 9.68. The summed E-state index contributed by atoms with van der Waals surface area (Å²) in [5.74, 6) is 1.01. The summed E-state index contributed by atoms with van der Waals surface area (Å²) in [6.07, 6.45) is 2.04. The monoisotopic (exact) mass is 244 g/mol. The van der Waals surface area contributed by atoms with Crippen LogP contribution in [0.2, 0.25) is 0 Å². The Morgan fingerprint density at radius 3 is 2.85 bits per heavy atom. The summed E-state index contributed by atoms with van der Waals surface area (Å²) in [5, 5.41) is 10.2. The van der Waals surface area contributed by atoms with E-state index in [0.717, 1.165) is 29.5 Å². The average molecular weight is 245 g/mol. The SMILES string of the molecule is COc1cc(O)ccc1CCCBr. The molecule has 0 aliphatic heterocycles. The lowest BCUT2D eigenvalue weighted by molar-refractivity contribution is 0.402. The van der Waals surface area contributed by atoms with Gasteiger partial charge in [0.2, 0.25) is 0 Å². The van der Waals surface area contributed by atoms with Crippen LogP contribution in [-0.2, 0) is 6.42 Å². The third-order valence-corrected chi connectivity index (χ3v) is 2.41. The summed E-state index contributed by atoms with van der Waals surface area (Å²) < 4.78 is 5.15. The second-order valence-electron chi connectivity index (χ2n) is 2.79. The van der Waals surface area contributed by atoms with Gasteiger partial charge < -0.3 is 9.84 Å². The molecular formula is C10H13BrO2. The molecule has 1 rings (SSSR count). The molecule has 0 heterocycles. The Bertz CT molecular complexity index is 274. The molecule has 0 radical (unpaired) electrons. The largest absolute Gasteiger partial charge is 0.508 e. The minimum Gasteiger partial charge on any atom is -0.508 e. The number of phenolic OH excluding ortho intramolecular Hbond substituents is 1. The van der Waals surface area contributed by atoms with Crippen molar-refractivity contribution in [2.45, 2.75) is 12.8 Å². The summed E-state index contributed by atoms with van der Waals surface area (Å²) >= 11 is 3.38. The van der Waals surface area contributed by atoms with Crippen LogP contribution in [0, 0.1) is 0 Å². The molecule has 13 heavy (non-hydrogen) atoms. The van der Waals surface area contributed by atoms with Gasteiger partial charge in [-0.15, -0.1) is 0 Å². The lowest BCUT2D eigenvalue weighted by Crippen LogP contribution is -1.92. The minimum atomic E-state index is 0.249. The molecule has 3 heteroatoms. The number of hydrogen-bond donors (Lipinski definition) is 1. The number of benzene rings is 1. The third-order valence-electron chi connectivity index (χ3n) is 1.85. The third kappa shape index (κ3) is 2.92. The van der Waals surface area contributed by atoms with Crippen LogP contribution in [0.15, 0.2) is 18.2 Å². The zero-order valence-corrected chi connectivity index (χ0v) is 9.17. The molecule has 1 N–H and O–H groups in total. The molecule has 72 valence electrons. The number of alkyl halides is 1. The van der Waals surface area contributed by atoms with Crippen LogP contribution in [0.1, 0.15) is 12.0 Å². The van der Waals surface area contributed by atoms with Gasteiger partial charge in [0.1, 0.15) is 11.5 Å². The van der Waals surface area contributed by atoms with Crippen LogP contribution in [0.3, 0.4) is 0 Å². The molecule has 0 bridgehead atoms. The van der Waals surface area contributed by atoms with Crippen molar-refractivity contribution in [3.8, 4) is 11.5 Å². The number of rotatable bonds is 4. The van der Waals surface area contributed by atoms with Crippen molar-refractivity contribution in [3.63, 3.8) is 0 Å². The highest BCUT2D eigenvalue weighted by Crippen LogP contribution is 2.24. The van der Waals surface area contributed by atoms with Crippen LogP contribution >= 0.6 is 15.9 Å². The van der Waals surface area contributed by atoms with E-state index in [9.17, 15) is 5.11 Å². The van der Waals surface area contributed by atoms with Crippen molar-refractivity contribution in [2.24, 2.45) is 0 Å². The van der Waals surface area contributed by atoms with Gasteiger partial charge in [0.15, 0.2) is 0 Å². The fourth-order valence-corrected chi connectivity index (χ4v) is 1.48. The first-order valence-corrected chi connectivity index (χ1v) is 5.32. The van der Waals surface area contributed by atoms with E-state index in [0.29, 0.717) is 0 Å². The Morgan fingerprint density at radius 2 is 2.23 bits per heavy atom. The minimum absolute atomic E-state index is 0.249. The van der Waals surface area contributed by atoms with Gasteiger partial charge in [0, 0.05) is 11.4 Å². The van der Waals surface area contributed by atoms with Crippen LogP contribution in [0.25, 0.3) is 0 Å². The molecule has 1 aromatic carbocycles. The second-order valence-corrected chi connectivity index (χ2v) is 3.58. The molecular weight excluding hydrogens is 232 g/mol. The Labute approximate surface area is 86.7 Å². The van der Waals surface area contributed by atoms with Gasteiger partial charge in [-0.2, -0.15) is 0 Å². The fraction of sp³-hybridized carbons (Fsp3) is 0.400. The van der Waals surface area contributed by atoms with Crippen LogP contribution in [0.5, 0.6) is 11.5 Å². The summed E-state index contributed by atoms with van der Waals surface area (Å²) in [6.45, 7) is 0. The highest BCUT2D eigenvalue weighted by molar-refractivity contribution is 9.09. The summed E-state index contributed by atoms with van der Waals surface area (Å²) in [7, 11) is 1.62. The van der Waals surface area contributed by atoms with Crippen molar-refractivity contribution in [1.82, 2.24) is 0 Å². The second kappa shape index (κ2) is 5.12. The van der Waals surface area contributed by atoms with E-state index >= 15 is 0 Å². The molecule has 0 spiro atoms. The predicted octanol–water partition coefficient (Wildman–Crippen LogP) is 2.73. The molecule has 0 saturated carbocycles. The molecule has 2 nitrogen and oxygen atoms in total. The van der Waals surface area contributed by atoms with Crippen LogP contribution < -0.4 is 4.74 Å². The van der Waals surface area contributed by atoms with Gasteiger partial charge >= 0.3 is 0 Å². The molecule has 0 aliphatic carbocycles. The number of aryl methyl sites for hydroxylation is 1. The standard InChI is InChI=1S/C10H13BrO2/c1-13-10-7-9(12)5-4-8(10)3-2-6-11/h4-5,7,12H,2-3,6H2,1H3. The van der Waals surface area contributed by atoms with Crippen molar-refractivity contribution in [1.29, 1.82) is 0 Å². The first-order chi connectivity index (χ1) is 6.27. The number of methoxy groups -OCH3 is 1. The van der Waals surface area contributed by atoms with Crippen LogP contribution in [0.4, 0.5) is 0 Å². The Hall–Kier alpha value is -0.700. The predicted molar refractivity (Wildman–Crippen MR) is 56.8 cm³/mol. The molecule has 0 aromatic heterocycles. The molecule has 0 saturated heterocycles. The lowest BCUT2D eigenvalue weighted by Gasteiger charge is -2.07. The van der Waals surface area contributed by atoms with Gasteiger partial charge in [-0.3, -0.25) is 0 Å². The lowest BCUT2D eigenvalue weighted by atomic mass is 10.1. The van der Waals surface area contributed by atoms with Crippen LogP contribution in [-0.4, -0.2) is 17.5 Å². The molecule has 1 aromatic rings. The first kappa shape index (κ1) is 10.4. The number of aromatic hydroxyl groups is 1. The highest BCUT2D eigenvalue weighted by atomic mass is 79.9. The maximum absolute atomic E-state index is 9.20. The molecule has 0 unspecified atom stereocenters. The molecule has 0 amide bonds. The van der Waals surface area contributed by atoms with E-state index in [4.69, 9.17) is 4.74 Å². The van der Waals surface area contributed by atoms with Crippen molar-refractivity contribution in [2.75, 3.05) is 12.4 Å². The van der Waals surface area contributed by atoms with Gasteiger partial charge in [-0.25, -0.2) is 0 Å². The molecule has 0 atom stereocenters.